The van der Waals surface area contributed by atoms with Gasteiger partial charge in [0.15, 0.2) is 0 Å². The molecule has 0 aliphatic carbocycles. The van der Waals surface area contributed by atoms with Crippen LogP contribution in [0.15, 0.2) is 0 Å². The van der Waals surface area contributed by atoms with Crippen LogP contribution in [0.1, 0.15) is 26.2 Å². The van der Waals surface area contributed by atoms with Crippen LogP contribution in [0.25, 0.3) is 0 Å². The molecule has 0 saturated carbocycles. The lowest BCUT2D eigenvalue weighted by molar-refractivity contribution is 0.382. The monoisotopic (exact) mass is 171 g/mol. The van der Waals surface area contributed by atoms with E-state index in [1.54, 1.807) is 0 Å². The van der Waals surface area contributed by atoms with Gasteiger partial charge in [0.25, 0.3) is 0 Å². The lowest BCUT2D eigenvalue weighted by atomic mass is 10.1. The molecule has 0 spiro atoms. The molecule has 4 N–H and O–H groups in total. The van der Waals surface area contributed by atoms with Crippen LogP contribution in [0.5, 0.6) is 0 Å². The van der Waals surface area contributed by atoms with Crippen LogP contribution in [-0.2, 0) is 0 Å². The summed E-state index contributed by atoms with van der Waals surface area (Å²) in [5, 5.41) is 6.88. The van der Waals surface area contributed by atoms with E-state index in [1.807, 2.05) is 0 Å². The molecule has 1 saturated heterocycles. The molecule has 0 aromatic carbocycles. The molecule has 0 aromatic heterocycles. The second kappa shape index (κ2) is 5.51. The first-order chi connectivity index (χ1) is 5.79. The molecule has 1 aliphatic heterocycles. The lowest BCUT2D eigenvalue weighted by Crippen LogP contribution is -2.41. The van der Waals surface area contributed by atoms with Gasteiger partial charge in [-0.25, -0.2) is 0 Å². The highest BCUT2D eigenvalue weighted by Gasteiger charge is 2.11. The standard InChI is InChI=1S/C9H21N3/c1-8(10)2-7-12-9-3-5-11-6-4-9/h8-9,11-12H,2-7,10H2,1H3. The third-order valence-electron chi connectivity index (χ3n) is 2.37. The van der Waals surface area contributed by atoms with Crippen LogP contribution in [0.2, 0.25) is 0 Å². The van der Waals surface area contributed by atoms with E-state index in [1.165, 1.54) is 12.8 Å². The SMILES string of the molecule is CC(N)CCNC1CCNCC1. The van der Waals surface area contributed by atoms with Crippen molar-refractivity contribution in [3.8, 4) is 0 Å². The summed E-state index contributed by atoms with van der Waals surface area (Å²) in [6.45, 7) is 5.46. The van der Waals surface area contributed by atoms with Crippen molar-refractivity contribution in [1.82, 2.24) is 10.6 Å². The molecule has 1 fully saturated rings. The fourth-order valence-electron chi connectivity index (χ4n) is 1.54. The van der Waals surface area contributed by atoms with E-state index in [0.29, 0.717) is 6.04 Å². The molecule has 0 radical (unpaired) electrons. The van der Waals surface area contributed by atoms with Gasteiger partial charge in [-0.3, -0.25) is 0 Å². The van der Waals surface area contributed by atoms with Crippen LogP contribution in [-0.4, -0.2) is 31.7 Å². The minimum absolute atomic E-state index is 0.333. The van der Waals surface area contributed by atoms with Gasteiger partial charge in [0, 0.05) is 12.1 Å². The maximum absolute atomic E-state index is 5.66. The summed E-state index contributed by atoms with van der Waals surface area (Å²) in [5.74, 6) is 0. The van der Waals surface area contributed by atoms with Gasteiger partial charge in [0.05, 0.1) is 0 Å². The minimum atomic E-state index is 0.333. The van der Waals surface area contributed by atoms with Gasteiger partial charge < -0.3 is 16.4 Å². The second-order valence-corrected chi connectivity index (χ2v) is 3.74. The predicted molar refractivity (Wildman–Crippen MR) is 52.2 cm³/mol. The van der Waals surface area contributed by atoms with Crippen molar-refractivity contribution >= 4 is 0 Å². The normalized spacial score (nSPS) is 22.5. The highest BCUT2D eigenvalue weighted by Crippen LogP contribution is 2.01. The maximum Gasteiger partial charge on any atom is 0.00912 e. The molecule has 0 bridgehead atoms. The number of hydrogen-bond acceptors (Lipinski definition) is 3. The molecule has 0 aromatic rings. The van der Waals surface area contributed by atoms with Crippen molar-refractivity contribution in [2.75, 3.05) is 19.6 Å². The zero-order valence-corrected chi connectivity index (χ0v) is 7.97. The summed E-state index contributed by atoms with van der Waals surface area (Å²) in [7, 11) is 0. The van der Waals surface area contributed by atoms with Crippen LogP contribution in [0.4, 0.5) is 0 Å². The lowest BCUT2D eigenvalue weighted by Gasteiger charge is -2.24. The molecule has 1 unspecified atom stereocenters. The zero-order chi connectivity index (χ0) is 8.81. The Morgan fingerprint density at radius 1 is 1.50 bits per heavy atom. The first kappa shape index (κ1) is 9.96. The van der Waals surface area contributed by atoms with E-state index >= 15 is 0 Å². The van der Waals surface area contributed by atoms with E-state index in [9.17, 15) is 0 Å². The topological polar surface area (TPSA) is 50.1 Å². The number of nitrogens with one attached hydrogen (secondary N) is 2. The largest absolute Gasteiger partial charge is 0.328 e. The number of rotatable bonds is 4. The number of nitrogens with two attached hydrogens (primary N) is 1. The molecule has 72 valence electrons. The molecular weight excluding hydrogens is 150 g/mol. The highest BCUT2D eigenvalue weighted by atomic mass is 15.0. The average Bonchev–Trinajstić information content (AvgIpc) is 2.05. The van der Waals surface area contributed by atoms with E-state index in [2.05, 4.69) is 17.6 Å². The van der Waals surface area contributed by atoms with Crippen LogP contribution < -0.4 is 16.4 Å². The number of hydrogen-bond donors (Lipinski definition) is 3. The maximum atomic E-state index is 5.66. The third kappa shape index (κ3) is 4.04. The molecule has 1 atom stereocenters. The Morgan fingerprint density at radius 3 is 2.75 bits per heavy atom. The first-order valence-electron chi connectivity index (χ1n) is 4.98. The fourth-order valence-corrected chi connectivity index (χ4v) is 1.54. The Bertz CT molecular complexity index is 108. The van der Waals surface area contributed by atoms with E-state index in [0.717, 1.165) is 32.1 Å². The van der Waals surface area contributed by atoms with Crippen molar-refractivity contribution in [1.29, 1.82) is 0 Å². The summed E-state index contributed by atoms with van der Waals surface area (Å²) < 4.78 is 0. The van der Waals surface area contributed by atoms with Crippen LogP contribution in [0.3, 0.4) is 0 Å². The first-order valence-corrected chi connectivity index (χ1v) is 4.98. The Balaban J connectivity index is 1.98. The van der Waals surface area contributed by atoms with Crippen molar-refractivity contribution < 1.29 is 0 Å². The highest BCUT2D eigenvalue weighted by molar-refractivity contribution is 4.74. The minimum Gasteiger partial charge on any atom is -0.328 e. The van der Waals surface area contributed by atoms with Crippen molar-refractivity contribution in [2.24, 2.45) is 5.73 Å². The third-order valence-corrected chi connectivity index (χ3v) is 2.37. The Morgan fingerprint density at radius 2 is 2.17 bits per heavy atom. The van der Waals surface area contributed by atoms with Gasteiger partial charge in [0.1, 0.15) is 0 Å². The quantitative estimate of drug-likeness (QED) is 0.561. The smallest absolute Gasteiger partial charge is 0.00912 e. The summed E-state index contributed by atoms with van der Waals surface area (Å²) in [4.78, 5) is 0. The predicted octanol–water partition coefficient (Wildman–Crippen LogP) is 0.0653. The fraction of sp³-hybridized carbons (Fsp3) is 1.00. The Labute approximate surface area is 75.1 Å². The van der Waals surface area contributed by atoms with E-state index in [4.69, 9.17) is 5.73 Å². The van der Waals surface area contributed by atoms with Gasteiger partial charge in [-0.15, -0.1) is 0 Å². The second-order valence-electron chi connectivity index (χ2n) is 3.74. The Kier molecular flexibility index (Phi) is 4.58. The van der Waals surface area contributed by atoms with Gasteiger partial charge >= 0.3 is 0 Å². The molecule has 12 heavy (non-hydrogen) atoms. The molecule has 1 heterocycles. The van der Waals surface area contributed by atoms with Crippen molar-refractivity contribution in [3.05, 3.63) is 0 Å². The number of piperidine rings is 1. The van der Waals surface area contributed by atoms with Crippen LogP contribution >= 0.6 is 0 Å². The van der Waals surface area contributed by atoms with Gasteiger partial charge in [-0.1, -0.05) is 0 Å². The van der Waals surface area contributed by atoms with Crippen molar-refractivity contribution in [3.63, 3.8) is 0 Å². The van der Waals surface area contributed by atoms with Crippen molar-refractivity contribution in [2.45, 2.75) is 38.3 Å². The summed E-state index contributed by atoms with van der Waals surface area (Å²) >= 11 is 0. The molecule has 1 aliphatic rings. The summed E-state index contributed by atoms with van der Waals surface area (Å²) in [6.07, 6.45) is 3.61. The van der Waals surface area contributed by atoms with Crippen LogP contribution in [0, 0.1) is 0 Å². The molecular formula is C9H21N3. The van der Waals surface area contributed by atoms with Gasteiger partial charge in [0.2, 0.25) is 0 Å². The molecule has 0 amide bonds. The summed E-state index contributed by atoms with van der Waals surface area (Å²) in [5.41, 5.74) is 5.66. The van der Waals surface area contributed by atoms with E-state index < -0.39 is 0 Å². The van der Waals surface area contributed by atoms with Gasteiger partial charge in [-0.2, -0.15) is 0 Å². The van der Waals surface area contributed by atoms with Gasteiger partial charge in [-0.05, 0) is 45.8 Å². The molecule has 3 heteroatoms. The Hall–Kier alpha value is -0.120. The molecule has 1 rings (SSSR count). The zero-order valence-electron chi connectivity index (χ0n) is 7.97. The van der Waals surface area contributed by atoms with E-state index in [-0.39, 0.29) is 0 Å². The molecule has 3 nitrogen and oxygen atoms in total. The summed E-state index contributed by atoms with van der Waals surface area (Å²) in [6, 6.07) is 1.06. The average molecular weight is 171 g/mol.